The average Bonchev–Trinajstić information content (AvgIpc) is 2.57. The van der Waals surface area contributed by atoms with Crippen molar-refractivity contribution in [3.8, 4) is 17.2 Å². The summed E-state index contributed by atoms with van der Waals surface area (Å²) in [5.41, 5.74) is 5.99. The fraction of sp³-hybridized carbons (Fsp3) is 0. The highest BCUT2D eigenvalue weighted by Crippen LogP contribution is 2.55. The molecule has 0 saturated carbocycles. The Morgan fingerprint density at radius 1 is 1.33 bits per heavy atom. The van der Waals surface area contributed by atoms with E-state index in [1.807, 2.05) is 0 Å². The Labute approximate surface area is 51.7 Å². The molecule has 46 valence electrons. The maximum atomic E-state index is 8.92. The summed E-state index contributed by atoms with van der Waals surface area (Å²) in [4.78, 5) is 0. The summed E-state index contributed by atoms with van der Waals surface area (Å²) in [6.45, 7) is 0. The highest BCUT2D eigenvalue weighted by Gasteiger charge is 2.27. The van der Waals surface area contributed by atoms with Gasteiger partial charge in [0.15, 0.2) is 11.5 Å². The lowest BCUT2D eigenvalue weighted by Crippen LogP contribution is -1.77. The van der Waals surface area contributed by atoms with Crippen LogP contribution in [0.4, 0.5) is 5.69 Å². The van der Waals surface area contributed by atoms with Gasteiger partial charge in [-0.15, -0.1) is 0 Å². The number of ether oxygens (including phenoxy) is 1. The van der Waals surface area contributed by atoms with Gasteiger partial charge in [-0.25, -0.2) is 0 Å². The van der Waals surface area contributed by atoms with Gasteiger partial charge in [-0.1, -0.05) is 0 Å². The Morgan fingerprint density at radius 2 is 2.11 bits per heavy atom. The smallest absolute Gasteiger partial charge is 0.213 e. The van der Waals surface area contributed by atoms with Gasteiger partial charge < -0.3 is 15.6 Å². The molecule has 1 aliphatic rings. The molecule has 0 saturated heterocycles. The highest BCUT2D eigenvalue weighted by molar-refractivity contribution is 5.74. The number of hydrogen-bond acceptors (Lipinski definition) is 3. The van der Waals surface area contributed by atoms with Crippen LogP contribution in [0.3, 0.4) is 0 Å². The number of benzene rings is 1. The maximum Gasteiger partial charge on any atom is 0.213 e. The van der Waals surface area contributed by atoms with Crippen LogP contribution in [0.25, 0.3) is 0 Å². The van der Waals surface area contributed by atoms with E-state index in [0.29, 0.717) is 17.2 Å². The van der Waals surface area contributed by atoms with E-state index in [2.05, 4.69) is 0 Å². The van der Waals surface area contributed by atoms with Gasteiger partial charge >= 0.3 is 0 Å². The normalized spacial score (nSPS) is 12.0. The Kier molecular flexibility index (Phi) is 0.563. The fourth-order valence-corrected chi connectivity index (χ4v) is 0.755. The SMILES string of the molecule is Nc1ccc(O)c2c1O2. The second-order valence-electron chi connectivity index (χ2n) is 1.93. The van der Waals surface area contributed by atoms with Crippen molar-refractivity contribution < 1.29 is 9.84 Å². The average molecular weight is 123 g/mol. The largest absolute Gasteiger partial charge is 0.504 e. The van der Waals surface area contributed by atoms with E-state index in [-0.39, 0.29) is 5.75 Å². The molecule has 0 amide bonds. The molecule has 3 heteroatoms. The van der Waals surface area contributed by atoms with Crippen LogP contribution < -0.4 is 10.5 Å². The predicted octanol–water partition coefficient (Wildman–Crippen LogP) is 1.08. The van der Waals surface area contributed by atoms with Gasteiger partial charge in [-0.3, -0.25) is 0 Å². The van der Waals surface area contributed by atoms with Crippen molar-refractivity contribution in [1.29, 1.82) is 0 Å². The standard InChI is InChI=1S/C6H5NO2/c7-3-1-2-4(8)6-5(3)9-6/h1-2,8H,7H2. The van der Waals surface area contributed by atoms with E-state index in [0.717, 1.165) is 0 Å². The third-order valence-corrected chi connectivity index (χ3v) is 1.28. The number of aromatic hydroxyl groups is 1. The van der Waals surface area contributed by atoms with Crippen LogP contribution in [-0.2, 0) is 0 Å². The Balaban J connectivity index is 2.68. The van der Waals surface area contributed by atoms with Crippen LogP contribution in [0, 0.1) is 0 Å². The topological polar surface area (TPSA) is 58.8 Å². The number of hydrogen-bond donors (Lipinski definition) is 2. The molecule has 2 rings (SSSR count). The number of nitrogen functional groups attached to an aromatic ring is 1. The lowest BCUT2D eigenvalue weighted by Gasteiger charge is -1.83. The zero-order chi connectivity index (χ0) is 6.43. The lowest BCUT2D eigenvalue weighted by molar-refractivity contribution is 0.464. The summed E-state index contributed by atoms with van der Waals surface area (Å²) in [5, 5.41) is 8.92. The van der Waals surface area contributed by atoms with Gasteiger partial charge in [-0.05, 0) is 12.1 Å². The number of phenolic OH excluding ortho intramolecular Hbond substituents is 1. The molecule has 0 atom stereocenters. The minimum atomic E-state index is 0.166. The molecule has 0 fully saturated rings. The number of fused-ring (bicyclic) bond motifs is 1. The molecule has 9 heavy (non-hydrogen) atoms. The zero-order valence-electron chi connectivity index (χ0n) is 4.59. The summed E-state index contributed by atoms with van der Waals surface area (Å²) in [7, 11) is 0. The minimum Gasteiger partial charge on any atom is -0.504 e. The molecule has 0 unspecified atom stereocenters. The second kappa shape index (κ2) is 1.13. The van der Waals surface area contributed by atoms with Gasteiger partial charge in [0, 0.05) is 0 Å². The second-order valence-corrected chi connectivity index (χ2v) is 1.93. The first-order valence-electron chi connectivity index (χ1n) is 2.58. The summed E-state index contributed by atoms with van der Waals surface area (Å²) >= 11 is 0. The van der Waals surface area contributed by atoms with E-state index in [9.17, 15) is 0 Å². The van der Waals surface area contributed by atoms with Crippen molar-refractivity contribution in [1.82, 2.24) is 0 Å². The summed E-state index contributed by atoms with van der Waals surface area (Å²) in [6, 6.07) is 3.13. The molecule has 3 nitrogen and oxygen atoms in total. The monoisotopic (exact) mass is 123 g/mol. The molecule has 0 radical (unpaired) electrons. The molecule has 0 aromatic heterocycles. The third kappa shape index (κ3) is 0.455. The first-order chi connectivity index (χ1) is 4.29. The van der Waals surface area contributed by atoms with Crippen LogP contribution in [0.1, 0.15) is 0 Å². The van der Waals surface area contributed by atoms with E-state index < -0.39 is 0 Å². The molecule has 1 aromatic carbocycles. The lowest BCUT2D eigenvalue weighted by atomic mass is 10.3. The van der Waals surface area contributed by atoms with Crippen molar-refractivity contribution in [2.24, 2.45) is 0 Å². The number of anilines is 1. The number of phenols is 1. The van der Waals surface area contributed by atoms with Crippen molar-refractivity contribution >= 4 is 5.69 Å². The van der Waals surface area contributed by atoms with Crippen LogP contribution >= 0.6 is 0 Å². The maximum absolute atomic E-state index is 8.92. The molecule has 0 spiro atoms. The van der Waals surface area contributed by atoms with Crippen molar-refractivity contribution in [2.45, 2.75) is 0 Å². The quantitative estimate of drug-likeness (QED) is 0.313. The molecule has 1 heterocycles. The minimum absolute atomic E-state index is 0.166. The molecule has 0 aliphatic carbocycles. The zero-order valence-corrected chi connectivity index (χ0v) is 4.59. The first-order valence-corrected chi connectivity index (χ1v) is 2.58. The Morgan fingerprint density at radius 3 is 2.78 bits per heavy atom. The highest BCUT2D eigenvalue weighted by atomic mass is 16.6. The van der Waals surface area contributed by atoms with E-state index in [1.165, 1.54) is 6.07 Å². The van der Waals surface area contributed by atoms with Crippen molar-refractivity contribution in [3.05, 3.63) is 12.1 Å². The van der Waals surface area contributed by atoms with Crippen LogP contribution in [0.5, 0.6) is 17.2 Å². The van der Waals surface area contributed by atoms with Gasteiger partial charge in [0.2, 0.25) is 5.75 Å². The summed E-state index contributed by atoms with van der Waals surface area (Å²) in [6.07, 6.45) is 0. The van der Waals surface area contributed by atoms with E-state index in [4.69, 9.17) is 15.6 Å². The molecule has 1 aliphatic heterocycles. The first kappa shape index (κ1) is 4.49. The summed E-state index contributed by atoms with van der Waals surface area (Å²) in [5.74, 6) is 1.31. The number of rotatable bonds is 0. The Bertz CT molecular complexity index is 243. The van der Waals surface area contributed by atoms with Gasteiger partial charge in [0.25, 0.3) is 0 Å². The number of nitrogens with two attached hydrogens (primary N) is 1. The molecule has 1 aromatic rings. The van der Waals surface area contributed by atoms with Crippen molar-refractivity contribution in [2.75, 3.05) is 5.73 Å². The fourth-order valence-electron chi connectivity index (χ4n) is 0.755. The molecular weight excluding hydrogens is 118 g/mol. The molecular formula is C6H5NO2. The van der Waals surface area contributed by atoms with E-state index in [1.54, 1.807) is 6.07 Å². The third-order valence-electron chi connectivity index (χ3n) is 1.28. The van der Waals surface area contributed by atoms with Crippen molar-refractivity contribution in [3.63, 3.8) is 0 Å². The molecule has 0 bridgehead atoms. The van der Waals surface area contributed by atoms with E-state index >= 15 is 0 Å². The van der Waals surface area contributed by atoms with Crippen LogP contribution in [0.2, 0.25) is 0 Å². The van der Waals surface area contributed by atoms with Gasteiger partial charge in [-0.2, -0.15) is 0 Å². The van der Waals surface area contributed by atoms with Gasteiger partial charge in [0.1, 0.15) is 0 Å². The van der Waals surface area contributed by atoms with Gasteiger partial charge in [0.05, 0.1) is 5.69 Å². The van der Waals surface area contributed by atoms with Crippen LogP contribution in [0.15, 0.2) is 12.1 Å². The Hall–Kier alpha value is -1.38. The molecule has 3 N–H and O–H groups in total. The predicted molar refractivity (Wildman–Crippen MR) is 32.6 cm³/mol. The summed E-state index contributed by atoms with van der Waals surface area (Å²) < 4.78 is 4.82. The van der Waals surface area contributed by atoms with Crippen LogP contribution in [-0.4, -0.2) is 5.11 Å².